The minimum atomic E-state index is -0.584. The molecule has 0 fully saturated rings. The Hall–Kier alpha value is -3.11. The average Bonchev–Trinajstić information content (AvgIpc) is 3.17. The molecule has 0 saturated carbocycles. The van der Waals surface area contributed by atoms with Crippen LogP contribution >= 0.6 is 11.8 Å². The standard InChI is InChI=1S/C23H25N3O3S/c1-5-12-30-23-16(13-24)21(19-11-10-14(2)29-19)20(15(3)25-23)22(27)26-17-8-6-7-9-18(17)28-4/h6-11,21,25H,5,12H2,1-4H3,(H,26,27)/t21-/m0/s1. The molecule has 30 heavy (non-hydrogen) atoms. The first-order valence-corrected chi connectivity index (χ1v) is 10.7. The molecule has 3 rings (SSSR count). The van der Waals surface area contributed by atoms with Gasteiger partial charge in [0.05, 0.1) is 41.0 Å². The second-order valence-corrected chi connectivity index (χ2v) is 8.01. The number of carbonyl (C=O) groups is 1. The first-order chi connectivity index (χ1) is 14.5. The predicted octanol–water partition coefficient (Wildman–Crippen LogP) is 5.07. The van der Waals surface area contributed by atoms with E-state index in [2.05, 4.69) is 23.6 Å². The summed E-state index contributed by atoms with van der Waals surface area (Å²) in [5.41, 5.74) is 2.19. The highest BCUT2D eigenvalue weighted by molar-refractivity contribution is 8.03. The molecule has 0 aliphatic carbocycles. The van der Waals surface area contributed by atoms with Crippen LogP contribution in [0.1, 0.15) is 37.7 Å². The van der Waals surface area contributed by atoms with Gasteiger partial charge in [-0.25, -0.2) is 0 Å². The Morgan fingerprint density at radius 2 is 2.07 bits per heavy atom. The highest BCUT2D eigenvalue weighted by atomic mass is 32.2. The van der Waals surface area contributed by atoms with Crippen LogP contribution in [0.5, 0.6) is 5.75 Å². The number of methoxy groups -OCH3 is 1. The van der Waals surface area contributed by atoms with Crippen molar-refractivity contribution < 1.29 is 13.9 Å². The van der Waals surface area contributed by atoms with Gasteiger partial charge in [-0.15, -0.1) is 11.8 Å². The molecule has 1 aromatic heterocycles. The SMILES string of the molecule is CCCSC1=C(C#N)[C@@H](c2ccc(C)o2)C(C(=O)Nc2ccccc2OC)=C(C)N1. The van der Waals surface area contributed by atoms with Gasteiger partial charge < -0.3 is 19.8 Å². The van der Waals surface area contributed by atoms with Gasteiger partial charge in [0.15, 0.2) is 0 Å². The summed E-state index contributed by atoms with van der Waals surface area (Å²) in [5, 5.41) is 16.9. The monoisotopic (exact) mass is 423 g/mol. The van der Waals surface area contributed by atoms with Gasteiger partial charge >= 0.3 is 0 Å². The number of hydrogen-bond acceptors (Lipinski definition) is 6. The largest absolute Gasteiger partial charge is 0.495 e. The number of aryl methyl sites for hydroxylation is 1. The lowest BCUT2D eigenvalue weighted by molar-refractivity contribution is -0.113. The van der Waals surface area contributed by atoms with E-state index in [0.717, 1.165) is 23.0 Å². The minimum absolute atomic E-state index is 0.309. The van der Waals surface area contributed by atoms with E-state index in [1.165, 1.54) is 0 Å². The van der Waals surface area contributed by atoms with Gasteiger partial charge in [0, 0.05) is 5.70 Å². The zero-order valence-corrected chi connectivity index (χ0v) is 18.4. The molecule has 2 aromatic rings. The van der Waals surface area contributed by atoms with Crippen LogP contribution in [0.3, 0.4) is 0 Å². The van der Waals surface area contributed by atoms with Crippen LogP contribution in [0.2, 0.25) is 0 Å². The molecule has 1 amide bonds. The summed E-state index contributed by atoms with van der Waals surface area (Å²) in [6.45, 7) is 5.78. The summed E-state index contributed by atoms with van der Waals surface area (Å²) < 4.78 is 11.2. The van der Waals surface area contributed by atoms with Crippen molar-refractivity contribution in [3.8, 4) is 11.8 Å². The van der Waals surface area contributed by atoms with Gasteiger partial charge in [0.1, 0.15) is 17.3 Å². The number of furan rings is 1. The number of anilines is 1. The van der Waals surface area contributed by atoms with Gasteiger partial charge in [-0.05, 0) is 50.3 Å². The van der Waals surface area contributed by atoms with E-state index < -0.39 is 5.92 Å². The maximum atomic E-state index is 13.4. The average molecular weight is 424 g/mol. The Bertz CT molecular complexity index is 1050. The van der Waals surface area contributed by atoms with Crippen LogP contribution in [0, 0.1) is 18.3 Å². The van der Waals surface area contributed by atoms with Crippen LogP contribution in [-0.4, -0.2) is 18.8 Å². The summed E-state index contributed by atoms with van der Waals surface area (Å²) in [6.07, 6.45) is 0.975. The van der Waals surface area contributed by atoms with Crippen LogP contribution in [0.25, 0.3) is 0 Å². The van der Waals surface area contributed by atoms with Crippen molar-refractivity contribution in [2.24, 2.45) is 0 Å². The number of amides is 1. The fourth-order valence-corrected chi connectivity index (χ4v) is 4.31. The number of dihydropyridines is 1. The Morgan fingerprint density at radius 3 is 2.70 bits per heavy atom. The highest BCUT2D eigenvalue weighted by Gasteiger charge is 2.36. The molecule has 1 aromatic carbocycles. The van der Waals surface area contributed by atoms with Gasteiger partial charge in [-0.3, -0.25) is 4.79 Å². The summed E-state index contributed by atoms with van der Waals surface area (Å²) in [5.74, 6) is 1.84. The maximum Gasteiger partial charge on any atom is 0.254 e. The molecule has 6 nitrogen and oxygen atoms in total. The van der Waals surface area contributed by atoms with Crippen LogP contribution < -0.4 is 15.4 Å². The van der Waals surface area contributed by atoms with Crippen molar-refractivity contribution in [2.45, 2.75) is 33.1 Å². The summed E-state index contributed by atoms with van der Waals surface area (Å²) in [7, 11) is 1.56. The summed E-state index contributed by atoms with van der Waals surface area (Å²) >= 11 is 1.58. The number of nitrogens with one attached hydrogen (secondary N) is 2. The maximum absolute atomic E-state index is 13.4. The van der Waals surface area contributed by atoms with Crippen molar-refractivity contribution in [3.05, 3.63) is 69.8 Å². The molecule has 156 valence electrons. The van der Waals surface area contributed by atoms with Gasteiger partial charge in [0.2, 0.25) is 0 Å². The lowest BCUT2D eigenvalue weighted by Crippen LogP contribution is -2.30. The summed E-state index contributed by atoms with van der Waals surface area (Å²) in [6, 6.07) is 13.2. The first kappa shape index (κ1) is 21.6. The quantitative estimate of drug-likeness (QED) is 0.646. The number of rotatable bonds is 7. The third-order valence-corrected chi connectivity index (χ3v) is 5.97. The third-order valence-electron chi connectivity index (χ3n) is 4.74. The highest BCUT2D eigenvalue weighted by Crippen LogP contribution is 2.41. The van der Waals surface area contributed by atoms with Crippen LogP contribution in [0.4, 0.5) is 5.69 Å². The zero-order valence-electron chi connectivity index (χ0n) is 17.5. The predicted molar refractivity (Wildman–Crippen MR) is 119 cm³/mol. The van der Waals surface area contributed by atoms with Gasteiger partial charge in [-0.2, -0.15) is 5.26 Å². The lowest BCUT2D eigenvalue weighted by atomic mass is 9.85. The number of ether oxygens (including phenoxy) is 1. The smallest absolute Gasteiger partial charge is 0.254 e. The molecule has 1 atom stereocenters. The molecule has 0 bridgehead atoms. The summed E-state index contributed by atoms with van der Waals surface area (Å²) in [4.78, 5) is 13.4. The molecule has 2 heterocycles. The second-order valence-electron chi connectivity index (χ2n) is 6.90. The number of thioether (sulfide) groups is 1. The topological polar surface area (TPSA) is 87.3 Å². The fraction of sp³-hybridized carbons (Fsp3) is 0.304. The number of carbonyl (C=O) groups excluding carboxylic acids is 1. The van der Waals surface area contributed by atoms with E-state index in [4.69, 9.17) is 9.15 Å². The molecule has 0 unspecified atom stereocenters. The van der Waals surface area contributed by atoms with E-state index in [1.807, 2.05) is 38.1 Å². The van der Waals surface area contributed by atoms with Crippen LogP contribution in [0.15, 0.2) is 62.7 Å². The number of nitriles is 1. The number of hydrogen-bond donors (Lipinski definition) is 2. The molecule has 7 heteroatoms. The van der Waals surface area contributed by atoms with E-state index in [1.54, 1.807) is 31.0 Å². The molecule has 1 aliphatic heterocycles. The van der Waals surface area contributed by atoms with Gasteiger partial charge in [-0.1, -0.05) is 19.1 Å². The lowest BCUT2D eigenvalue weighted by Gasteiger charge is -2.28. The molecule has 0 radical (unpaired) electrons. The van der Waals surface area contributed by atoms with Gasteiger partial charge in [0.25, 0.3) is 5.91 Å². The molecule has 2 N–H and O–H groups in total. The number of nitrogens with zero attached hydrogens (tertiary/aromatic N) is 1. The van der Waals surface area contributed by atoms with Crippen molar-refractivity contribution in [3.63, 3.8) is 0 Å². The normalized spacial score (nSPS) is 16.2. The molecule has 0 saturated heterocycles. The first-order valence-electron chi connectivity index (χ1n) is 9.75. The zero-order chi connectivity index (χ0) is 21.7. The van der Waals surface area contributed by atoms with Crippen molar-refractivity contribution in [2.75, 3.05) is 18.2 Å². The number of para-hydroxylation sites is 2. The van der Waals surface area contributed by atoms with Crippen molar-refractivity contribution >= 4 is 23.4 Å². The van der Waals surface area contributed by atoms with Crippen molar-refractivity contribution in [1.29, 1.82) is 5.26 Å². The van der Waals surface area contributed by atoms with Crippen LogP contribution in [-0.2, 0) is 4.79 Å². The van der Waals surface area contributed by atoms with E-state index >= 15 is 0 Å². The number of allylic oxidation sites excluding steroid dienone is 2. The fourth-order valence-electron chi connectivity index (χ4n) is 3.36. The Labute approximate surface area is 181 Å². The molecular weight excluding hydrogens is 398 g/mol. The Balaban J connectivity index is 2.04. The van der Waals surface area contributed by atoms with E-state index in [-0.39, 0.29) is 5.91 Å². The molecule has 0 spiro atoms. The molecular formula is C23H25N3O3S. The Kier molecular flexibility index (Phi) is 6.91. The van der Waals surface area contributed by atoms with Crippen molar-refractivity contribution in [1.82, 2.24) is 5.32 Å². The second kappa shape index (κ2) is 9.59. The molecule has 1 aliphatic rings. The third kappa shape index (κ3) is 4.39. The van der Waals surface area contributed by atoms with E-state index in [0.29, 0.717) is 34.0 Å². The van der Waals surface area contributed by atoms with E-state index in [9.17, 15) is 10.1 Å². The minimum Gasteiger partial charge on any atom is -0.495 e. The Morgan fingerprint density at radius 1 is 1.30 bits per heavy atom. The number of benzene rings is 1.